The molecule has 4 rings (SSSR count). The summed E-state index contributed by atoms with van der Waals surface area (Å²) in [6.45, 7) is 4.49. The molecule has 0 aromatic heterocycles. The Hall–Kier alpha value is -2.58. The maximum atomic E-state index is 6.50. The first kappa shape index (κ1) is 21.6. The monoisotopic (exact) mass is 414 g/mol. The highest BCUT2D eigenvalue weighted by Gasteiger charge is 2.22. The molecule has 0 amide bonds. The van der Waals surface area contributed by atoms with E-state index >= 15 is 0 Å². The number of ether oxygens (including phenoxy) is 2. The molecule has 3 aromatic carbocycles. The SMILES string of the molecule is CCC(C)c1ccc(OC(OC2CCCCC2)c2ccc(-c3ccccc3)cc2)cc1. The van der Waals surface area contributed by atoms with Gasteiger partial charge in [-0.3, -0.25) is 0 Å². The van der Waals surface area contributed by atoms with Gasteiger partial charge in [-0.2, -0.15) is 0 Å². The van der Waals surface area contributed by atoms with Crippen molar-refractivity contribution in [3.8, 4) is 16.9 Å². The third-order valence-electron chi connectivity index (χ3n) is 6.46. The molecule has 2 nitrogen and oxygen atoms in total. The van der Waals surface area contributed by atoms with Crippen LogP contribution in [-0.2, 0) is 4.74 Å². The highest BCUT2D eigenvalue weighted by Crippen LogP contribution is 2.31. The third kappa shape index (κ3) is 5.77. The molecule has 3 aromatic rings. The molecule has 1 aliphatic carbocycles. The molecule has 0 heterocycles. The van der Waals surface area contributed by atoms with Crippen molar-refractivity contribution in [2.24, 2.45) is 0 Å². The predicted octanol–water partition coefficient (Wildman–Crippen LogP) is 8.29. The van der Waals surface area contributed by atoms with Crippen LogP contribution in [0, 0.1) is 0 Å². The van der Waals surface area contributed by atoms with Crippen LogP contribution in [-0.4, -0.2) is 6.10 Å². The van der Waals surface area contributed by atoms with Crippen LogP contribution in [0.15, 0.2) is 78.9 Å². The third-order valence-corrected chi connectivity index (χ3v) is 6.46. The van der Waals surface area contributed by atoms with Crippen molar-refractivity contribution >= 4 is 0 Å². The summed E-state index contributed by atoms with van der Waals surface area (Å²) in [5.74, 6) is 1.42. The van der Waals surface area contributed by atoms with E-state index in [1.54, 1.807) is 0 Å². The van der Waals surface area contributed by atoms with Gasteiger partial charge in [0.1, 0.15) is 5.75 Å². The smallest absolute Gasteiger partial charge is 0.226 e. The second-order valence-corrected chi connectivity index (χ2v) is 8.71. The normalized spacial score (nSPS) is 16.6. The maximum absolute atomic E-state index is 6.50. The summed E-state index contributed by atoms with van der Waals surface area (Å²) in [6, 6.07) is 27.6. The molecule has 0 saturated heterocycles. The maximum Gasteiger partial charge on any atom is 0.226 e. The summed E-state index contributed by atoms with van der Waals surface area (Å²) >= 11 is 0. The Balaban J connectivity index is 1.53. The Kier molecular flexibility index (Phi) is 7.43. The highest BCUT2D eigenvalue weighted by molar-refractivity contribution is 5.63. The Labute approximate surface area is 187 Å². The van der Waals surface area contributed by atoms with Crippen LogP contribution >= 0.6 is 0 Å². The molecule has 1 aliphatic rings. The molecule has 0 aliphatic heterocycles. The van der Waals surface area contributed by atoms with Gasteiger partial charge in [0.2, 0.25) is 6.29 Å². The fourth-order valence-electron chi connectivity index (χ4n) is 4.25. The van der Waals surface area contributed by atoms with Crippen molar-refractivity contribution in [1.82, 2.24) is 0 Å². The lowest BCUT2D eigenvalue weighted by Gasteiger charge is -2.28. The van der Waals surface area contributed by atoms with E-state index in [1.807, 2.05) is 6.07 Å². The van der Waals surface area contributed by atoms with E-state index in [4.69, 9.17) is 9.47 Å². The van der Waals surface area contributed by atoms with Crippen molar-refractivity contribution in [3.05, 3.63) is 90.0 Å². The topological polar surface area (TPSA) is 18.5 Å². The first-order valence-corrected chi connectivity index (χ1v) is 11.8. The predicted molar refractivity (Wildman–Crippen MR) is 128 cm³/mol. The largest absolute Gasteiger partial charge is 0.461 e. The van der Waals surface area contributed by atoms with Gasteiger partial charge in [-0.1, -0.05) is 99.8 Å². The van der Waals surface area contributed by atoms with Gasteiger partial charge < -0.3 is 9.47 Å². The molecule has 2 unspecified atom stereocenters. The zero-order valence-corrected chi connectivity index (χ0v) is 18.8. The first-order chi connectivity index (χ1) is 15.2. The molecule has 31 heavy (non-hydrogen) atoms. The van der Waals surface area contributed by atoms with E-state index in [2.05, 4.69) is 86.6 Å². The molecule has 2 heteroatoms. The van der Waals surface area contributed by atoms with E-state index in [9.17, 15) is 0 Å². The van der Waals surface area contributed by atoms with Gasteiger partial charge in [-0.05, 0) is 54.0 Å². The zero-order valence-electron chi connectivity index (χ0n) is 18.8. The molecule has 0 spiro atoms. The summed E-state index contributed by atoms with van der Waals surface area (Å²) in [5.41, 5.74) is 4.85. The van der Waals surface area contributed by atoms with Crippen molar-refractivity contribution in [2.45, 2.75) is 70.7 Å². The van der Waals surface area contributed by atoms with Gasteiger partial charge in [-0.15, -0.1) is 0 Å². The van der Waals surface area contributed by atoms with E-state index in [0.717, 1.165) is 30.6 Å². The number of rotatable bonds is 8. The van der Waals surface area contributed by atoms with Gasteiger partial charge in [0.25, 0.3) is 0 Å². The molecule has 162 valence electrons. The number of hydrogen-bond acceptors (Lipinski definition) is 2. The van der Waals surface area contributed by atoms with Crippen LogP contribution in [0.2, 0.25) is 0 Å². The average Bonchev–Trinajstić information content (AvgIpc) is 2.85. The molecule has 0 N–H and O–H groups in total. The van der Waals surface area contributed by atoms with Crippen LogP contribution in [0.1, 0.15) is 75.7 Å². The van der Waals surface area contributed by atoms with Gasteiger partial charge >= 0.3 is 0 Å². The molecule has 1 saturated carbocycles. The Bertz CT molecular complexity index is 909. The molecule has 1 fully saturated rings. The molecular weight excluding hydrogens is 380 g/mol. The minimum atomic E-state index is -0.387. The van der Waals surface area contributed by atoms with Crippen molar-refractivity contribution in [3.63, 3.8) is 0 Å². The fourth-order valence-corrected chi connectivity index (χ4v) is 4.25. The quantitative estimate of drug-likeness (QED) is 0.345. The van der Waals surface area contributed by atoms with Crippen LogP contribution < -0.4 is 4.74 Å². The Morgan fingerprint density at radius 3 is 2.00 bits per heavy atom. The van der Waals surface area contributed by atoms with E-state index in [0.29, 0.717) is 5.92 Å². The lowest BCUT2D eigenvalue weighted by molar-refractivity contribution is -0.131. The standard InChI is InChI=1S/C29H34O2/c1-3-22(2)23-18-20-28(21-19-23)31-29(30-27-12-8-5-9-13-27)26-16-14-25(15-17-26)24-10-6-4-7-11-24/h4,6-7,10-11,14-22,27,29H,3,5,8-9,12-13H2,1-2H3. The van der Waals surface area contributed by atoms with Gasteiger partial charge in [-0.25, -0.2) is 0 Å². The highest BCUT2D eigenvalue weighted by atomic mass is 16.7. The average molecular weight is 415 g/mol. The van der Waals surface area contributed by atoms with Crippen LogP contribution in [0.3, 0.4) is 0 Å². The molecule has 0 radical (unpaired) electrons. The molecule has 2 atom stereocenters. The fraction of sp³-hybridized carbons (Fsp3) is 0.379. The van der Waals surface area contributed by atoms with Gasteiger partial charge in [0.05, 0.1) is 6.10 Å². The van der Waals surface area contributed by atoms with Crippen LogP contribution in [0.5, 0.6) is 5.75 Å². The second-order valence-electron chi connectivity index (χ2n) is 8.71. The van der Waals surface area contributed by atoms with Crippen molar-refractivity contribution < 1.29 is 9.47 Å². The van der Waals surface area contributed by atoms with Crippen LogP contribution in [0.4, 0.5) is 0 Å². The van der Waals surface area contributed by atoms with Gasteiger partial charge in [0.15, 0.2) is 0 Å². The summed E-state index contributed by atoms with van der Waals surface area (Å²) in [5, 5.41) is 0. The van der Waals surface area contributed by atoms with Crippen LogP contribution in [0.25, 0.3) is 11.1 Å². The summed E-state index contributed by atoms with van der Waals surface area (Å²) in [6.07, 6.45) is 7.07. The summed E-state index contributed by atoms with van der Waals surface area (Å²) < 4.78 is 12.9. The summed E-state index contributed by atoms with van der Waals surface area (Å²) in [7, 11) is 0. The van der Waals surface area contributed by atoms with E-state index in [1.165, 1.54) is 36.0 Å². The Morgan fingerprint density at radius 1 is 0.742 bits per heavy atom. The van der Waals surface area contributed by atoms with Crippen molar-refractivity contribution in [2.75, 3.05) is 0 Å². The Morgan fingerprint density at radius 2 is 1.35 bits per heavy atom. The van der Waals surface area contributed by atoms with E-state index < -0.39 is 0 Å². The van der Waals surface area contributed by atoms with Crippen molar-refractivity contribution in [1.29, 1.82) is 0 Å². The van der Waals surface area contributed by atoms with Gasteiger partial charge in [0, 0.05) is 5.56 Å². The van der Waals surface area contributed by atoms with E-state index in [-0.39, 0.29) is 12.4 Å². The number of benzene rings is 3. The first-order valence-electron chi connectivity index (χ1n) is 11.8. The lowest BCUT2D eigenvalue weighted by Crippen LogP contribution is -2.23. The second kappa shape index (κ2) is 10.6. The summed E-state index contributed by atoms with van der Waals surface area (Å²) in [4.78, 5) is 0. The molecular formula is C29H34O2. The molecule has 0 bridgehead atoms. The minimum absolute atomic E-state index is 0.270. The number of hydrogen-bond donors (Lipinski definition) is 0. The zero-order chi connectivity index (χ0) is 21.5. The minimum Gasteiger partial charge on any atom is -0.461 e. The lowest BCUT2D eigenvalue weighted by atomic mass is 9.97.